The number of hydrogen-bond donors (Lipinski definition) is 1. The van der Waals surface area contributed by atoms with Crippen molar-refractivity contribution >= 4 is 28.9 Å². The monoisotopic (exact) mass is 455 g/mol. The molecule has 0 aliphatic heterocycles. The van der Waals surface area contributed by atoms with E-state index in [1.807, 2.05) is 31.3 Å². The number of fused-ring (bicyclic) bond motifs is 1. The SMILES string of the molecule is CCC(C)Oc1ccc(-c2cnc(-c3ccc4c(c3C)CCC4CC(=O)O)s2)cc1Cl. The van der Waals surface area contributed by atoms with Crippen molar-refractivity contribution in [3.05, 3.63) is 58.2 Å². The molecule has 0 fully saturated rings. The van der Waals surface area contributed by atoms with Crippen molar-refractivity contribution in [3.8, 4) is 26.8 Å². The van der Waals surface area contributed by atoms with Gasteiger partial charge in [-0.1, -0.05) is 30.7 Å². The van der Waals surface area contributed by atoms with Crippen LogP contribution in [-0.2, 0) is 11.2 Å². The van der Waals surface area contributed by atoms with Crippen LogP contribution >= 0.6 is 22.9 Å². The number of carboxylic acid groups (broad SMARTS) is 1. The number of carboxylic acids is 1. The molecule has 0 saturated heterocycles. The highest BCUT2D eigenvalue weighted by Crippen LogP contribution is 2.42. The lowest BCUT2D eigenvalue weighted by Gasteiger charge is -2.14. The number of benzene rings is 2. The molecule has 6 heteroatoms. The van der Waals surface area contributed by atoms with E-state index in [0.29, 0.717) is 10.8 Å². The number of rotatable bonds is 7. The quantitative estimate of drug-likeness (QED) is 0.412. The van der Waals surface area contributed by atoms with Gasteiger partial charge in [-0.25, -0.2) is 4.98 Å². The molecule has 1 N–H and O–H groups in total. The Morgan fingerprint density at radius 3 is 2.87 bits per heavy atom. The summed E-state index contributed by atoms with van der Waals surface area (Å²) < 4.78 is 5.87. The minimum Gasteiger partial charge on any atom is -0.489 e. The van der Waals surface area contributed by atoms with E-state index < -0.39 is 5.97 Å². The van der Waals surface area contributed by atoms with Gasteiger partial charge in [-0.3, -0.25) is 4.79 Å². The number of hydrogen-bond acceptors (Lipinski definition) is 4. The summed E-state index contributed by atoms with van der Waals surface area (Å²) in [5, 5.41) is 10.7. The van der Waals surface area contributed by atoms with Crippen LogP contribution in [0.4, 0.5) is 0 Å². The zero-order valence-electron chi connectivity index (χ0n) is 17.9. The van der Waals surface area contributed by atoms with Crippen LogP contribution in [0.25, 0.3) is 21.0 Å². The Kier molecular flexibility index (Phi) is 6.35. The van der Waals surface area contributed by atoms with Gasteiger partial charge in [-0.15, -0.1) is 11.3 Å². The Morgan fingerprint density at radius 1 is 1.35 bits per heavy atom. The van der Waals surface area contributed by atoms with E-state index in [0.717, 1.165) is 40.3 Å². The Morgan fingerprint density at radius 2 is 2.16 bits per heavy atom. The smallest absolute Gasteiger partial charge is 0.303 e. The molecule has 2 aromatic carbocycles. The molecule has 4 nitrogen and oxygen atoms in total. The molecule has 4 rings (SSSR count). The summed E-state index contributed by atoms with van der Waals surface area (Å²) in [6.45, 7) is 6.23. The van der Waals surface area contributed by atoms with Gasteiger partial charge in [0.25, 0.3) is 0 Å². The van der Waals surface area contributed by atoms with Gasteiger partial charge in [0.2, 0.25) is 0 Å². The van der Waals surface area contributed by atoms with Gasteiger partial charge < -0.3 is 9.84 Å². The van der Waals surface area contributed by atoms with Crippen LogP contribution < -0.4 is 4.74 Å². The molecule has 3 aromatic rings. The predicted molar refractivity (Wildman–Crippen MR) is 126 cm³/mol. The fraction of sp³-hybridized carbons (Fsp3) is 0.360. The van der Waals surface area contributed by atoms with Gasteiger partial charge >= 0.3 is 5.97 Å². The first-order valence-electron chi connectivity index (χ1n) is 10.6. The Bertz CT molecular complexity index is 1120. The summed E-state index contributed by atoms with van der Waals surface area (Å²) in [5.74, 6) is 0.0867. The molecule has 1 aliphatic rings. The molecular weight excluding hydrogens is 430 g/mol. The van der Waals surface area contributed by atoms with Gasteiger partial charge in [0.1, 0.15) is 10.8 Å². The molecule has 0 amide bonds. The highest BCUT2D eigenvalue weighted by Gasteiger charge is 2.27. The summed E-state index contributed by atoms with van der Waals surface area (Å²) in [7, 11) is 0. The number of ether oxygens (including phenoxy) is 1. The highest BCUT2D eigenvalue weighted by molar-refractivity contribution is 7.18. The maximum atomic E-state index is 11.2. The fourth-order valence-electron chi connectivity index (χ4n) is 4.20. The van der Waals surface area contributed by atoms with E-state index >= 15 is 0 Å². The highest BCUT2D eigenvalue weighted by atomic mass is 35.5. The first kappa shape index (κ1) is 21.8. The number of halogens is 1. The van der Waals surface area contributed by atoms with Crippen molar-refractivity contribution in [2.45, 2.75) is 58.5 Å². The second kappa shape index (κ2) is 9.01. The Hall–Kier alpha value is -2.37. The maximum absolute atomic E-state index is 11.2. The molecule has 162 valence electrons. The normalized spacial score (nSPS) is 16.2. The van der Waals surface area contributed by atoms with E-state index in [9.17, 15) is 9.90 Å². The second-order valence-corrected chi connectivity index (χ2v) is 9.59. The van der Waals surface area contributed by atoms with Crippen LogP contribution in [0.1, 0.15) is 55.7 Å². The standard InChI is InChI=1S/C25H26ClNO3S/c1-4-14(2)30-22-10-6-17(11-21(22)26)23-13-27-25(31-23)19-8-9-20-16(12-24(28)29)5-7-18(20)15(19)3/h6,8-11,13-14,16H,4-5,7,12H2,1-3H3,(H,28,29). The molecule has 31 heavy (non-hydrogen) atoms. The molecule has 0 saturated carbocycles. The summed E-state index contributed by atoms with van der Waals surface area (Å²) in [5.41, 5.74) is 5.82. The summed E-state index contributed by atoms with van der Waals surface area (Å²) >= 11 is 8.10. The minimum atomic E-state index is -0.733. The summed E-state index contributed by atoms with van der Waals surface area (Å²) in [4.78, 5) is 16.9. The van der Waals surface area contributed by atoms with Gasteiger partial charge in [-0.2, -0.15) is 0 Å². The largest absolute Gasteiger partial charge is 0.489 e. The third-order valence-corrected chi connectivity index (χ3v) is 7.47. The molecule has 1 aliphatic carbocycles. The lowest BCUT2D eigenvalue weighted by Crippen LogP contribution is -2.09. The molecular formula is C25H26ClNO3S. The fourth-order valence-corrected chi connectivity index (χ4v) is 5.42. The summed E-state index contributed by atoms with van der Waals surface area (Å²) in [6.07, 6.45) is 4.96. The lowest BCUT2D eigenvalue weighted by atomic mass is 9.94. The molecule has 0 bridgehead atoms. The van der Waals surface area contributed by atoms with E-state index in [-0.39, 0.29) is 18.4 Å². The number of nitrogens with zero attached hydrogens (tertiary/aromatic N) is 1. The van der Waals surface area contributed by atoms with Gasteiger partial charge in [0, 0.05) is 11.8 Å². The van der Waals surface area contributed by atoms with E-state index in [1.54, 1.807) is 11.3 Å². The van der Waals surface area contributed by atoms with Crippen LogP contribution in [0.5, 0.6) is 5.75 Å². The van der Waals surface area contributed by atoms with Gasteiger partial charge in [0.15, 0.2) is 0 Å². The van der Waals surface area contributed by atoms with Gasteiger partial charge in [-0.05, 0) is 79.5 Å². The maximum Gasteiger partial charge on any atom is 0.303 e. The van der Waals surface area contributed by atoms with E-state index in [1.165, 1.54) is 16.7 Å². The van der Waals surface area contributed by atoms with Crippen molar-refractivity contribution in [1.29, 1.82) is 0 Å². The molecule has 2 atom stereocenters. The first-order chi connectivity index (χ1) is 14.9. The van der Waals surface area contributed by atoms with Gasteiger partial charge in [0.05, 0.1) is 22.4 Å². The number of aromatic nitrogens is 1. The average Bonchev–Trinajstić information content (AvgIpc) is 3.37. The molecule has 0 radical (unpaired) electrons. The Labute approximate surface area is 191 Å². The molecule has 1 aromatic heterocycles. The lowest BCUT2D eigenvalue weighted by molar-refractivity contribution is -0.137. The second-order valence-electron chi connectivity index (χ2n) is 8.15. The zero-order chi connectivity index (χ0) is 22.1. The van der Waals surface area contributed by atoms with Crippen molar-refractivity contribution < 1.29 is 14.6 Å². The number of aliphatic carboxylic acids is 1. The third-order valence-electron chi connectivity index (χ3n) is 6.09. The van der Waals surface area contributed by atoms with E-state index in [2.05, 4.69) is 31.0 Å². The van der Waals surface area contributed by atoms with Crippen molar-refractivity contribution in [3.63, 3.8) is 0 Å². The minimum absolute atomic E-state index is 0.116. The molecule has 2 unspecified atom stereocenters. The van der Waals surface area contributed by atoms with Crippen molar-refractivity contribution in [2.75, 3.05) is 0 Å². The van der Waals surface area contributed by atoms with Crippen molar-refractivity contribution in [2.24, 2.45) is 0 Å². The molecule has 0 spiro atoms. The van der Waals surface area contributed by atoms with Crippen LogP contribution in [-0.4, -0.2) is 22.2 Å². The van der Waals surface area contributed by atoms with Crippen LogP contribution in [0.3, 0.4) is 0 Å². The number of carbonyl (C=O) groups is 1. The topological polar surface area (TPSA) is 59.4 Å². The molecule has 1 heterocycles. The van der Waals surface area contributed by atoms with Crippen LogP contribution in [0.2, 0.25) is 5.02 Å². The average molecular weight is 456 g/mol. The Balaban J connectivity index is 1.60. The number of thiazole rings is 1. The van der Waals surface area contributed by atoms with Crippen molar-refractivity contribution in [1.82, 2.24) is 4.98 Å². The van der Waals surface area contributed by atoms with Crippen LogP contribution in [0, 0.1) is 6.92 Å². The first-order valence-corrected chi connectivity index (χ1v) is 11.8. The van der Waals surface area contributed by atoms with Crippen LogP contribution in [0.15, 0.2) is 36.5 Å². The summed E-state index contributed by atoms with van der Waals surface area (Å²) in [6, 6.07) is 10.1. The third kappa shape index (κ3) is 4.48. The predicted octanol–water partition coefficient (Wildman–Crippen LogP) is 7.12. The zero-order valence-corrected chi connectivity index (χ0v) is 19.5. The van der Waals surface area contributed by atoms with E-state index in [4.69, 9.17) is 16.3 Å².